The highest BCUT2D eigenvalue weighted by atomic mass is 16.3. The molecule has 3 heteroatoms. The van der Waals surface area contributed by atoms with Crippen LogP contribution in [0.5, 0.6) is 5.75 Å². The van der Waals surface area contributed by atoms with Gasteiger partial charge in [0.2, 0.25) is 5.91 Å². The van der Waals surface area contributed by atoms with Gasteiger partial charge in [-0.15, -0.1) is 0 Å². The molecule has 0 aromatic heterocycles. The van der Waals surface area contributed by atoms with Gasteiger partial charge in [-0.3, -0.25) is 4.79 Å². The Morgan fingerprint density at radius 1 is 0.970 bits per heavy atom. The predicted molar refractivity (Wildman–Crippen MR) is 133 cm³/mol. The molecule has 2 saturated carbocycles. The molecule has 3 aliphatic rings. The summed E-state index contributed by atoms with van der Waals surface area (Å²) in [5, 5.41) is 13.7. The van der Waals surface area contributed by atoms with Gasteiger partial charge in [0.1, 0.15) is 5.75 Å². The van der Waals surface area contributed by atoms with Crippen molar-refractivity contribution in [2.45, 2.75) is 88.9 Å². The molecule has 0 aliphatic heterocycles. The van der Waals surface area contributed by atoms with Gasteiger partial charge in [-0.25, -0.2) is 0 Å². The molecule has 0 unspecified atom stereocenters. The largest absolute Gasteiger partial charge is 0.508 e. The topological polar surface area (TPSA) is 49.3 Å². The molecule has 3 atom stereocenters. The lowest BCUT2D eigenvalue weighted by molar-refractivity contribution is -0.139. The van der Waals surface area contributed by atoms with E-state index in [0.29, 0.717) is 11.7 Å². The first-order valence-corrected chi connectivity index (χ1v) is 13.0. The van der Waals surface area contributed by atoms with Crippen molar-refractivity contribution in [3.8, 4) is 5.75 Å². The number of aromatic hydroxyl groups is 1. The van der Waals surface area contributed by atoms with Crippen molar-refractivity contribution in [1.82, 2.24) is 5.32 Å². The Bertz CT molecular complexity index is 1010. The number of phenolic OH excluding ortho intramolecular Hbond substituents is 1. The van der Waals surface area contributed by atoms with Gasteiger partial charge in [-0.2, -0.15) is 0 Å². The molecule has 2 fully saturated rings. The summed E-state index contributed by atoms with van der Waals surface area (Å²) in [7, 11) is 0. The number of phenols is 1. The molecule has 5 rings (SSSR count). The molecule has 3 aliphatic carbocycles. The summed E-state index contributed by atoms with van der Waals surface area (Å²) in [6.07, 6.45) is 11.2. The van der Waals surface area contributed by atoms with Gasteiger partial charge >= 0.3 is 0 Å². The third-order valence-electron chi connectivity index (χ3n) is 9.64. The van der Waals surface area contributed by atoms with E-state index in [1.807, 2.05) is 12.1 Å². The molecule has 33 heavy (non-hydrogen) atoms. The van der Waals surface area contributed by atoms with Crippen LogP contribution in [0.25, 0.3) is 0 Å². The van der Waals surface area contributed by atoms with E-state index >= 15 is 0 Å². The average Bonchev–Trinajstić information content (AvgIpc) is 2.84. The van der Waals surface area contributed by atoms with Gasteiger partial charge < -0.3 is 10.4 Å². The Hall–Kier alpha value is -2.29. The number of fused-ring (bicyclic) bond motifs is 3. The van der Waals surface area contributed by atoms with E-state index in [9.17, 15) is 9.90 Å². The minimum Gasteiger partial charge on any atom is -0.508 e. The maximum Gasteiger partial charge on any atom is 0.226 e. The Morgan fingerprint density at radius 3 is 2.48 bits per heavy atom. The number of carbonyl (C=O) groups excluding carboxylic acids is 1. The third-order valence-corrected chi connectivity index (χ3v) is 9.64. The SMILES string of the molecule is C[C@@]1(C(=O)NCC2(c3ccccc3)CCCCC2)CCC[C@]2(C)c3cc(O)ccc3CC[C@@H]12. The van der Waals surface area contributed by atoms with Crippen molar-refractivity contribution in [3.63, 3.8) is 0 Å². The fourth-order valence-corrected chi connectivity index (χ4v) is 7.76. The lowest BCUT2D eigenvalue weighted by atomic mass is 9.49. The molecule has 3 nitrogen and oxygen atoms in total. The van der Waals surface area contributed by atoms with Crippen molar-refractivity contribution in [2.24, 2.45) is 11.3 Å². The molecule has 0 radical (unpaired) electrons. The number of aryl methyl sites for hydroxylation is 1. The smallest absolute Gasteiger partial charge is 0.226 e. The van der Waals surface area contributed by atoms with E-state index in [-0.39, 0.29) is 22.2 Å². The second-order valence-corrected chi connectivity index (χ2v) is 11.5. The lowest BCUT2D eigenvalue weighted by Crippen LogP contribution is -2.56. The van der Waals surface area contributed by atoms with Crippen LogP contribution in [0.2, 0.25) is 0 Å². The fraction of sp³-hybridized carbons (Fsp3) is 0.567. The number of hydrogen-bond donors (Lipinski definition) is 2. The predicted octanol–water partition coefficient (Wildman–Crippen LogP) is 6.42. The van der Waals surface area contributed by atoms with Crippen LogP contribution in [0.3, 0.4) is 0 Å². The minimum atomic E-state index is -0.372. The Balaban J connectivity index is 1.40. The van der Waals surface area contributed by atoms with Gasteiger partial charge in [0.15, 0.2) is 0 Å². The molecule has 1 amide bonds. The van der Waals surface area contributed by atoms with Crippen molar-refractivity contribution in [1.29, 1.82) is 0 Å². The summed E-state index contributed by atoms with van der Waals surface area (Å²) in [6, 6.07) is 16.7. The zero-order valence-electron chi connectivity index (χ0n) is 20.3. The average molecular weight is 446 g/mol. The second-order valence-electron chi connectivity index (χ2n) is 11.5. The summed E-state index contributed by atoms with van der Waals surface area (Å²) in [6.45, 7) is 5.30. The number of hydrogen-bond acceptors (Lipinski definition) is 2. The van der Waals surface area contributed by atoms with Crippen LogP contribution in [-0.4, -0.2) is 17.6 Å². The summed E-state index contributed by atoms with van der Waals surface area (Å²) < 4.78 is 0. The second kappa shape index (κ2) is 8.49. The van der Waals surface area contributed by atoms with Crippen LogP contribution in [0.15, 0.2) is 48.5 Å². The lowest BCUT2D eigenvalue weighted by Gasteiger charge is -2.54. The number of rotatable bonds is 4. The molecule has 2 aromatic rings. The zero-order valence-corrected chi connectivity index (χ0v) is 20.3. The van der Waals surface area contributed by atoms with Gasteiger partial charge in [0.05, 0.1) is 5.41 Å². The molecule has 0 bridgehead atoms. The number of nitrogens with one attached hydrogen (secondary N) is 1. The first kappa shape index (κ1) is 22.5. The summed E-state index contributed by atoms with van der Waals surface area (Å²) in [5.74, 6) is 0.879. The molecule has 0 saturated heterocycles. The zero-order chi connectivity index (χ0) is 23.1. The molecular formula is C30H39NO2. The molecule has 2 aromatic carbocycles. The minimum absolute atomic E-state index is 0.0569. The molecular weight excluding hydrogens is 406 g/mol. The maximum atomic E-state index is 14.0. The number of carbonyl (C=O) groups is 1. The van der Waals surface area contributed by atoms with Crippen molar-refractivity contribution < 1.29 is 9.90 Å². The Labute approximate surface area is 199 Å². The van der Waals surface area contributed by atoms with E-state index in [2.05, 4.69) is 55.6 Å². The first-order chi connectivity index (χ1) is 15.9. The van der Waals surface area contributed by atoms with Crippen LogP contribution < -0.4 is 5.32 Å². The monoisotopic (exact) mass is 445 g/mol. The standard InChI is InChI=1S/C30H39NO2/c1-28-16-9-17-29(2,26(28)15-13-22-12-14-24(32)20-25(22)28)27(33)31-21-30(18-7-4-8-19-30)23-10-5-3-6-11-23/h3,5-6,10-12,14,20,26,32H,4,7-9,13,15-19,21H2,1-2H3,(H,31,33)/t26-,28-,29-/m1/s1. The highest BCUT2D eigenvalue weighted by Crippen LogP contribution is 2.57. The van der Waals surface area contributed by atoms with E-state index < -0.39 is 0 Å². The first-order valence-electron chi connectivity index (χ1n) is 13.0. The van der Waals surface area contributed by atoms with Crippen LogP contribution in [0, 0.1) is 11.3 Å². The highest BCUT2D eigenvalue weighted by molar-refractivity contribution is 5.83. The Morgan fingerprint density at radius 2 is 1.73 bits per heavy atom. The van der Waals surface area contributed by atoms with Crippen LogP contribution in [0.4, 0.5) is 0 Å². The van der Waals surface area contributed by atoms with Crippen LogP contribution >= 0.6 is 0 Å². The van der Waals surface area contributed by atoms with Crippen molar-refractivity contribution in [3.05, 3.63) is 65.2 Å². The highest BCUT2D eigenvalue weighted by Gasteiger charge is 2.55. The molecule has 2 N–H and O–H groups in total. The normalized spacial score (nSPS) is 30.7. The number of amides is 1. The van der Waals surface area contributed by atoms with Gasteiger partial charge in [0.25, 0.3) is 0 Å². The van der Waals surface area contributed by atoms with Crippen molar-refractivity contribution >= 4 is 5.91 Å². The molecule has 0 heterocycles. The van der Waals surface area contributed by atoms with E-state index in [1.54, 1.807) is 0 Å². The maximum absolute atomic E-state index is 14.0. The number of benzene rings is 2. The van der Waals surface area contributed by atoms with E-state index in [1.165, 1.54) is 36.0 Å². The van der Waals surface area contributed by atoms with E-state index in [4.69, 9.17) is 0 Å². The van der Waals surface area contributed by atoms with Gasteiger partial charge in [0, 0.05) is 12.0 Å². The summed E-state index contributed by atoms with van der Waals surface area (Å²) in [4.78, 5) is 14.0. The van der Waals surface area contributed by atoms with E-state index in [0.717, 1.165) is 51.5 Å². The molecule has 0 spiro atoms. The third kappa shape index (κ3) is 3.78. The van der Waals surface area contributed by atoms with Crippen molar-refractivity contribution in [2.75, 3.05) is 6.54 Å². The molecule has 176 valence electrons. The summed E-state index contributed by atoms with van der Waals surface area (Å²) >= 11 is 0. The van der Waals surface area contributed by atoms with Gasteiger partial charge in [-0.1, -0.05) is 75.9 Å². The summed E-state index contributed by atoms with van der Waals surface area (Å²) in [5.41, 5.74) is 3.63. The fourth-order valence-electron chi connectivity index (χ4n) is 7.76. The van der Waals surface area contributed by atoms with Crippen LogP contribution in [0.1, 0.15) is 88.3 Å². The van der Waals surface area contributed by atoms with Gasteiger partial charge in [-0.05, 0) is 78.7 Å². The van der Waals surface area contributed by atoms with Crippen LogP contribution in [-0.2, 0) is 22.0 Å². The quantitative estimate of drug-likeness (QED) is 0.570. The Kier molecular flexibility index (Phi) is 5.79.